The summed E-state index contributed by atoms with van der Waals surface area (Å²) in [6, 6.07) is 14.0. The van der Waals surface area contributed by atoms with Gasteiger partial charge < -0.3 is 5.32 Å². The normalized spacial score (nSPS) is 12.0. The van der Waals surface area contributed by atoms with Crippen LogP contribution in [-0.4, -0.2) is 12.2 Å². The number of carbonyl (C=O) groups excluding carboxylic acids is 1. The molecule has 0 aliphatic heterocycles. The highest BCUT2D eigenvalue weighted by Crippen LogP contribution is 2.22. The van der Waals surface area contributed by atoms with Crippen molar-refractivity contribution in [1.29, 1.82) is 0 Å². The van der Waals surface area contributed by atoms with Crippen LogP contribution in [0.1, 0.15) is 40.0 Å². The molecule has 1 amide bonds. The topological polar surface area (TPSA) is 29.1 Å². The zero-order valence-electron chi connectivity index (χ0n) is 12.9. The smallest absolute Gasteiger partial charge is 0.252 e. The van der Waals surface area contributed by atoms with Crippen molar-refractivity contribution in [2.45, 2.75) is 31.7 Å². The van der Waals surface area contributed by atoms with Gasteiger partial charge >= 0.3 is 0 Å². The Kier molecular flexibility index (Phi) is 5.07. The summed E-state index contributed by atoms with van der Waals surface area (Å²) in [6.45, 7) is 6.18. The minimum absolute atomic E-state index is 0.00712. The first-order chi connectivity index (χ1) is 10.0. The molecule has 2 aromatic carbocycles. The molecular formula is C18H21NOS. The summed E-state index contributed by atoms with van der Waals surface area (Å²) in [5.41, 5.74) is 4.32. The Morgan fingerprint density at radius 1 is 1.14 bits per heavy atom. The van der Waals surface area contributed by atoms with E-state index in [1.807, 2.05) is 37.4 Å². The monoisotopic (exact) mass is 299 g/mol. The quantitative estimate of drug-likeness (QED) is 0.841. The van der Waals surface area contributed by atoms with E-state index in [1.54, 1.807) is 11.8 Å². The molecule has 0 bridgehead atoms. The standard InChI is InChI=1S/C18H21NOS/c1-12-9-10-13(2)16(11-12)14(3)19-18(20)15-7-5-6-8-17(15)21-4/h5-11,14H,1-4H3,(H,19,20). The van der Waals surface area contributed by atoms with E-state index in [4.69, 9.17) is 0 Å². The Balaban J connectivity index is 2.21. The minimum Gasteiger partial charge on any atom is -0.345 e. The fourth-order valence-electron chi connectivity index (χ4n) is 2.41. The van der Waals surface area contributed by atoms with Crippen LogP contribution in [0.2, 0.25) is 0 Å². The maximum absolute atomic E-state index is 12.5. The van der Waals surface area contributed by atoms with E-state index < -0.39 is 0 Å². The molecule has 0 saturated heterocycles. The van der Waals surface area contributed by atoms with Gasteiger partial charge in [0.2, 0.25) is 0 Å². The zero-order chi connectivity index (χ0) is 15.4. The van der Waals surface area contributed by atoms with Crippen molar-refractivity contribution in [3.05, 3.63) is 64.7 Å². The van der Waals surface area contributed by atoms with Gasteiger partial charge in [0.25, 0.3) is 5.91 Å². The van der Waals surface area contributed by atoms with Crippen LogP contribution >= 0.6 is 11.8 Å². The SMILES string of the molecule is CSc1ccccc1C(=O)NC(C)c1cc(C)ccc1C. The Bertz CT molecular complexity index is 651. The van der Waals surface area contributed by atoms with Gasteiger partial charge in [0.15, 0.2) is 0 Å². The van der Waals surface area contributed by atoms with Crippen LogP contribution < -0.4 is 5.32 Å². The Morgan fingerprint density at radius 3 is 2.57 bits per heavy atom. The van der Waals surface area contributed by atoms with Crippen LogP contribution in [0.15, 0.2) is 47.4 Å². The van der Waals surface area contributed by atoms with Gasteiger partial charge in [-0.2, -0.15) is 0 Å². The summed E-state index contributed by atoms with van der Waals surface area (Å²) >= 11 is 1.59. The first-order valence-corrected chi connectivity index (χ1v) is 8.26. The second-order valence-corrected chi connectivity index (χ2v) is 6.10. The first kappa shape index (κ1) is 15.6. The van der Waals surface area contributed by atoms with Crippen molar-refractivity contribution in [3.63, 3.8) is 0 Å². The van der Waals surface area contributed by atoms with E-state index in [0.717, 1.165) is 10.5 Å². The Morgan fingerprint density at radius 2 is 1.86 bits per heavy atom. The van der Waals surface area contributed by atoms with Crippen molar-refractivity contribution >= 4 is 17.7 Å². The summed E-state index contributed by atoms with van der Waals surface area (Å²) in [4.78, 5) is 13.5. The van der Waals surface area contributed by atoms with E-state index in [1.165, 1.54) is 16.7 Å². The predicted octanol–water partition coefficient (Wildman–Crippen LogP) is 4.52. The third-order valence-corrected chi connectivity index (χ3v) is 4.40. The van der Waals surface area contributed by atoms with Gasteiger partial charge in [-0.15, -0.1) is 11.8 Å². The van der Waals surface area contributed by atoms with Gasteiger partial charge in [-0.3, -0.25) is 4.79 Å². The number of aryl methyl sites for hydroxylation is 2. The highest BCUT2D eigenvalue weighted by molar-refractivity contribution is 7.98. The maximum Gasteiger partial charge on any atom is 0.252 e. The van der Waals surface area contributed by atoms with Crippen molar-refractivity contribution < 1.29 is 4.79 Å². The zero-order valence-corrected chi connectivity index (χ0v) is 13.8. The third kappa shape index (κ3) is 3.67. The number of benzene rings is 2. The fourth-order valence-corrected chi connectivity index (χ4v) is 3.01. The number of hydrogen-bond acceptors (Lipinski definition) is 2. The van der Waals surface area contributed by atoms with Crippen LogP contribution in [0.5, 0.6) is 0 Å². The summed E-state index contributed by atoms with van der Waals surface area (Å²) < 4.78 is 0. The van der Waals surface area contributed by atoms with Crippen LogP contribution in [-0.2, 0) is 0 Å². The van der Waals surface area contributed by atoms with E-state index in [9.17, 15) is 4.79 Å². The predicted molar refractivity (Wildman–Crippen MR) is 90.0 cm³/mol. The molecule has 0 saturated carbocycles. The molecule has 0 radical (unpaired) electrons. The van der Waals surface area contributed by atoms with Crippen molar-refractivity contribution in [2.24, 2.45) is 0 Å². The van der Waals surface area contributed by atoms with E-state index >= 15 is 0 Å². The number of nitrogens with one attached hydrogen (secondary N) is 1. The third-order valence-electron chi connectivity index (χ3n) is 3.60. The molecule has 3 heteroatoms. The largest absolute Gasteiger partial charge is 0.345 e. The molecule has 110 valence electrons. The van der Waals surface area contributed by atoms with E-state index in [0.29, 0.717) is 0 Å². The lowest BCUT2D eigenvalue weighted by Crippen LogP contribution is -2.27. The molecule has 1 atom stereocenters. The first-order valence-electron chi connectivity index (χ1n) is 7.04. The highest BCUT2D eigenvalue weighted by Gasteiger charge is 2.15. The second kappa shape index (κ2) is 6.81. The fraction of sp³-hybridized carbons (Fsp3) is 0.278. The Hall–Kier alpha value is -1.74. The molecule has 0 aliphatic carbocycles. The van der Waals surface area contributed by atoms with Crippen molar-refractivity contribution in [1.82, 2.24) is 5.32 Å². The molecule has 2 nitrogen and oxygen atoms in total. The number of thioether (sulfide) groups is 1. The molecule has 0 spiro atoms. The average molecular weight is 299 g/mol. The van der Waals surface area contributed by atoms with Gasteiger partial charge in [0.05, 0.1) is 11.6 Å². The molecule has 0 heterocycles. The van der Waals surface area contributed by atoms with Crippen LogP contribution in [0.25, 0.3) is 0 Å². The molecule has 1 unspecified atom stereocenters. The molecular weight excluding hydrogens is 278 g/mol. The van der Waals surface area contributed by atoms with E-state index in [-0.39, 0.29) is 11.9 Å². The molecule has 0 aliphatic rings. The van der Waals surface area contributed by atoms with Crippen molar-refractivity contribution in [2.75, 3.05) is 6.26 Å². The highest BCUT2D eigenvalue weighted by atomic mass is 32.2. The maximum atomic E-state index is 12.5. The van der Waals surface area contributed by atoms with Crippen molar-refractivity contribution in [3.8, 4) is 0 Å². The van der Waals surface area contributed by atoms with Gasteiger partial charge in [-0.05, 0) is 50.3 Å². The number of rotatable bonds is 4. The van der Waals surface area contributed by atoms with Gasteiger partial charge in [0.1, 0.15) is 0 Å². The lowest BCUT2D eigenvalue weighted by Gasteiger charge is -2.18. The minimum atomic E-state index is -0.0200. The molecule has 2 rings (SSSR count). The number of carbonyl (C=O) groups is 1. The summed E-state index contributed by atoms with van der Waals surface area (Å²) in [6.07, 6.45) is 1.99. The summed E-state index contributed by atoms with van der Waals surface area (Å²) in [7, 11) is 0. The molecule has 0 aromatic heterocycles. The van der Waals surface area contributed by atoms with Gasteiger partial charge in [0, 0.05) is 4.90 Å². The summed E-state index contributed by atoms with van der Waals surface area (Å²) in [5, 5.41) is 3.10. The molecule has 1 N–H and O–H groups in total. The Labute approximate surface area is 131 Å². The lowest BCUT2D eigenvalue weighted by molar-refractivity contribution is 0.0937. The second-order valence-electron chi connectivity index (χ2n) is 5.26. The van der Waals surface area contributed by atoms with Crippen LogP contribution in [0.3, 0.4) is 0 Å². The van der Waals surface area contributed by atoms with Gasteiger partial charge in [-0.25, -0.2) is 0 Å². The number of amides is 1. The average Bonchev–Trinajstić information content (AvgIpc) is 2.49. The molecule has 0 fully saturated rings. The molecule has 21 heavy (non-hydrogen) atoms. The number of hydrogen-bond donors (Lipinski definition) is 1. The summed E-state index contributed by atoms with van der Waals surface area (Å²) in [5.74, 6) is -0.0200. The lowest BCUT2D eigenvalue weighted by atomic mass is 10.00. The van der Waals surface area contributed by atoms with Gasteiger partial charge in [-0.1, -0.05) is 35.9 Å². The van der Waals surface area contributed by atoms with Crippen LogP contribution in [0, 0.1) is 13.8 Å². The molecule has 2 aromatic rings. The van der Waals surface area contributed by atoms with E-state index in [2.05, 4.69) is 37.4 Å². The van der Waals surface area contributed by atoms with Crippen LogP contribution in [0.4, 0.5) is 0 Å².